The number of rotatable bonds is 7. The SMILES string of the molecule is CC(CNC(=O)CCCN1C(=O)CN(C)C1=O)N1CCc2ccccc2C1. The zero-order chi connectivity index (χ0) is 19.4. The van der Waals surface area contributed by atoms with Crippen molar-refractivity contribution in [2.45, 2.75) is 38.8 Å². The molecule has 0 aromatic heterocycles. The fraction of sp³-hybridized carbons (Fsp3) is 0.550. The normalized spacial score (nSPS) is 18.6. The van der Waals surface area contributed by atoms with Gasteiger partial charge in [-0.15, -0.1) is 0 Å². The highest BCUT2D eigenvalue weighted by molar-refractivity contribution is 6.01. The van der Waals surface area contributed by atoms with Gasteiger partial charge < -0.3 is 10.2 Å². The molecule has 0 saturated carbocycles. The number of carbonyl (C=O) groups excluding carboxylic acids is 3. The van der Waals surface area contributed by atoms with E-state index in [9.17, 15) is 14.4 Å². The molecular weight excluding hydrogens is 344 g/mol. The second-order valence-corrected chi connectivity index (χ2v) is 7.43. The van der Waals surface area contributed by atoms with E-state index in [-0.39, 0.29) is 30.4 Å². The fourth-order valence-corrected chi connectivity index (χ4v) is 3.66. The maximum atomic E-state index is 12.1. The maximum absolute atomic E-state index is 12.1. The standard InChI is InChI=1S/C20H28N4O3/c1-15(23-11-9-16-6-3-4-7-17(16)13-23)12-21-18(25)8-5-10-24-19(26)14-22(2)20(24)27/h3-4,6-7,15H,5,8-14H2,1-2H3,(H,21,25). The number of carbonyl (C=O) groups is 3. The van der Waals surface area contributed by atoms with Crippen LogP contribution in [0.1, 0.15) is 30.9 Å². The number of benzene rings is 1. The molecule has 1 fully saturated rings. The molecule has 2 aliphatic rings. The number of nitrogens with zero attached hydrogens (tertiary/aromatic N) is 3. The van der Waals surface area contributed by atoms with Crippen LogP contribution in [-0.4, -0.2) is 71.8 Å². The topological polar surface area (TPSA) is 73.0 Å². The van der Waals surface area contributed by atoms with Gasteiger partial charge in [0.25, 0.3) is 0 Å². The Balaban J connectivity index is 1.37. The average Bonchev–Trinajstić information content (AvgIpc) is 2.91. The van der Waals surface area contributed by atoms with Crippen molar-refractivity contribution in [3.05, 3.63) is 35.4 Å². The molecule has 3 rings (SSSR count). The zero-order valence-electron chi connectivity index (χ0n) is 16.1. The summed E-state index contributed by atoms with van der Waals surface area (Å²) in [5.41, 5.74) is 2.79. The summed E-state index contributed by atoms with van der Waals surface area (Å²) in [6, 6.07) is 8.50. The van der Waals surface area contributed by atoms with E-state index < -0.39 is 0 Å². The highest BCUT2D eigenvalue weighted by Gasteiger charge is 2.32. The molecule has 1 N–H and O–H groups in total. The number of nitrogens with one attached hydrogen (secondary N) is 1. The van der Waals surface area contributed by atoms with Gasteiger partial charge in [-0.05, 0) is 30.9 Å². The number of hydrogen-bond donors (Lipinski definition) is 1. The number of fused-ring (bicyclic) bond motifs is 1. The molecule has 0 bridgehead atoms. The van der Waals surface area contributed by atoms with Crippen LogP contribution < -0.4 is 5.32 Å². The lowest BCUT2D eigenvalue weighted by Crippen LogP contribution is -2.44. The Morgan fingerprint density at radius 3 is 2.63 bits per heavy atom. The van der Waals surface area contributed by atoms with Gasteiger partial charge in [-0.3, -0.25) is 19.4 Å². The number of likely N-dealkylation sites (N-methyl/N-ethyl adjacent to an activating group) is 1. The van der Waals surface area contributed by atoms with Crippen LogP contribution >= 0.6 is 0 Å². The molecular formula is C20H28N4O3. The van der Waals surface area contributed by atoms with E-state index in [2.05, 4.69) is 41.4 Å². The molecule has 146 valence electrons. The van der Waals surface area contributed by atoms with Crippen molar-refractivity contribution in [3.8, 4) is 0 Å². The Hall–Kier alpha value is -2.41. The van der Waals surface area contributed by atoms with Crippen LogP contribution in [0.25, 0.3) is 0 Å². The molecule has 2 aliphatic heterocycles. The Morgan fingerprint density at radius 1 is 1.19 bits per heavy atom. The molecule has 0 radical (unpaired) electrons. The van der Waals surface area contributed by atoms with Gasteiger partial charge in [0.2, 0.25) is 11.8 Å². The summed E-state index contributed by atoms with van der Waals surface area (Å²) >= 11 is 0. The number of amides is 4. The summed E-state index contributed by atoms with van der Waals surface area (Å²) in [4.78, 5) is 40.6. The summed E-state index contributed by atoms with van der Waals surface area (Å²) in [5.74, 6) is -0.228. The van der Waals surface area contributed by atoms with Crippen LogP contribution in [0, 0.1) is 0 Å². The Morgan fingerprint density at radius 2 is 1.93 bits per heavy atom. The number of imide groups is 1. The molecule has 4 amide bonds. The zero-order valence-corrected chi connectivity index (χ0v) is 16.1. The number of urea groups is 1. The van der Waals surface area contributed by atoms with Gasteiger partial charge in [-0.1, -0.05) is 24.3 Å². The minimum absolute atomic E-state index is 0.0355. The molecule has 1 saturated heterocycles. The highest BCUT2D eigenvalue weighted by Crippen LogP contribution is 2.20. The van der Waals surface area contributed by atoms with Crippen molar-refractivity contribution in [3.63, 3.8) is 0 Å². The van der Waals surface area contributed by atoms with E-state index >= 15 is 0 Å². The first-order chi connectivity index (χ1) is 13.0. The summed E-state index contributed by atoms with van der Waals surface area (Å²) < 4.78 is 0. The minimum atomic E-state index is -0.278. The van der Waals surface area contributed by atoms with Gasteiger partial charge in [0.1, 0.15) is 6.54 Å². The predicted molar refractivity (Wildman–Crippen MR) is 102 cm³/mol. The second-order valence-electron chi connectivity index (χ2n) is 7.43. The minimum Gasteiger partial charge on any atom is -0.355 e. The predicted octanol–water partition coefficient (Wildman–Crippen LogP) is 1.22. The van der Waals surface area contributed by atoms with Crippen LogP contribution in [0.4, 0.5) is 4.79 Å². The van der Waals surface area contributed by atoms with E-state index in [1.54, 1.807) is 7.05 Å². The van der Waals surface area contributed by atoms with Crippen LogP contribution in [0.5, 0.6) is 0 Å². The quantitative estimate of drug-likeness (QED) is 0.731. The summed E-state index contributed by atoms with van der Waals surface area (Å²) in [6.07, 6.45) is 1.85. The summed E-state index contributed by atoms with van der Waals surface area (Å²) in [7, 11) is 1.60. The first kappa shape index (κ1) is 19.4. The van der Waals surface area contributed by atoms with Crippen molar-refractivity contribution < 1.29 is 14.4 Å². The largest absolute Gasteiger partial charge is 0.355 e. The molecule has 0 spiro atoms. The van der Waals surface area contributed by atoms with Crippen molar-refractivity contribution in [1.82, 2.24) is 20.0 Å². The van der Waals surface area contributed by atoms with Crippen LogP contribution in [-0.2, 0) is 22.6 Å². The monoisotopic (exact) mass is 372 g/mol. The lowest BCUT2D eigenvalue weighted by molar-refractivity contribution is -0.126. The third-order valence-electron chi connectivity index (χ3n) is 5.39. The maximum Gasteiger partial charge on any atom is 0.326 e. The van der Waals surface area contributed by atoms with E-state index in [1.807, 2.05) is 0 Å². The Kier molecular flexibility index (Phi) is 6.11. The van der Waals surface area contributed by atoms with E-state index in [1.165, 1.54) is 20.9 Å². The molecule has 7 heteroatoms. The number of hydrogen-bond acceptors (Lipinski definition) is 4. The molecule has 1 aromatic rings. The summed E-state index contributed by atoms with van der Waals surface area (Å²) in [5, 5.41) is 2.98. The lowest BCUT2D eigenvalue weighted by Gasteiger charge is -2.33. The van der Waals surface area contributed by atoms with Crippen molar-refractivity contribution in [1.29, 1.82) is 0 Å². The second kappa shape index (κ2) is 8.52. The van der Waals surface area contributed by atoms with Crippen molar-refractivity contribution >= 4 is 17.8 Å². The molecule has 27 heavy (non-hydrogen) atoms. The first-order valence-corrected chi connectivity index (χ1v) is 9.58. The van der Waals surface area contributed by atoms with E-state index in [0.717, 1.165) is 19.5 Å². The first-order valence-electron chi connectivity index (χ1n) is 9.58. The van der Waals surface area contributed by atoms with Gasteiger partial charge in [-0.2, -0.15) is 0 Å². The van der Waals surface area contributed by atoms with E-state index in [4.69, 9.17) is 0 Å². The molecule has 1 atom stereocenters. The fourth-order valence-electron chi connectivity index (χ4n) is 3.66. The van der Waals surface area contributed by atoms with Gasteiger partial charge in [0.15, 0.2) is 0 Å². The van der Waals surface area contributed by atoms with Crippen molar-refractivity contribution in [2.24, 2.45) is 0 Å². The molecule has 7 nitrogen and oxygen atoms in total. The van der Waals surface area contributed by atoms with Crippen molar-refractivity contribution in [2.75, 3.05) is 33.2 Å². The Labute approximate surface area is 160 Å². The van der Waals surface area contributed by atoms with Crippen LogP contribution in [0.3, 0.4) is 0 Å². The Bertz CT molecular complexity index is 721. The molecule has 0 aliphatic carbocycles. The average molecular weight is 372 g/mol. The molecule has 2 heterocycles. The smallest absolute Gasteiger partial charge is 0.326 e. The van der Waals surface area contributed by atoms with Gasteiger partial charge in [0.05, 0.1) is 0 Å². The van der Waals surface area contributed by atoms with Gasteiger partial charge in [0, 0.05) is 45.7 Å². The van der Waals surface area contributed by atoms with Crippen LogP contribution in [0.2, 0.25) is 0 Å². The lowest BCUT2D eigenvalue weighted by atomic mass is 9.99. The third kappa shape index (κ3) is 4.66. The van der Waals surface area contributed by atoms with Gasteiger partial charge >= 0.3 is 6.03 Å². The molecule has 1 unspecified atom stereocenters. The van der Waals surface area contributed by atoms with Gasteiger partial charge in [-0.25, -0.2) is 4.79 Å². The van der Waals surface area contributed by atoms with Crippen LogP contribution in [0.15, 0.2) is 24.3 Å². The third-order valence-corrected chi connectivity index (χ3v) is 5.39. The summed E-state index contributed by atoms with van der Waals surface area (Å²) in [6.45, 7) is 5.08. The highest BCUT2D eigenvalue weighted by atomic mass is 16.2. The van der Waals surface area contributed by atoms with E-state index in [0.29, 0.717) is 25.9 Å². The molecule has 1 aromatic carbocycles.